The third-order valence-electron chi connectivity index (χ3n) is 3.34. The largest absolute Gasteiger partial charge is 0.462 e. The molecule has 1 saturated heterocycles. The Bertz CT molecular complexity index is 827. The summed E-state index contributed by atoms with van der Waals surface area (Å²) in [4.78, 5) is 23.3. The smallest absolute Gasteiger partial charge is 0.338 e. The highest BCUT2D eigenvalue weighted by Gasteiger charge is 2.26. The Morgan fingerprint density at radius 2 is 2.12 bits per heavy atom. The standard InChI is InChI=1S/C17H14N2O4S2/c1-2-22-16(21)12-5-3-11(4-6-12)14-8-7-13(23-14)9-18-19-15(20)10-25-17(19)24/h3-9H,2,10H2,1H3/b18-9+. The molecular formula is C17H14N2O4S2. The molecule has 0 atom stereocenters. The summed E-state index contributed by atoms with van der Waals surface area (Å²) in [6.07, 6.45) is 1.45. The first-order valence-corrected chi connectivity index (χ1v) is 8.89. The number of hydrogen-bond acceptors (Lipinski definition) is 7. The number of ether oxygens (including phenoxy) is 1. The second kappa shape index (κ2) is 7.62. The van der Waals surface area contributed by atoms with Gasteiger partial charge in [0.15, 0.2) is 4.32 Å². The van der Waals surface area contributed by atoms with E-state index >= 15 is 0 Å². The second-order valence-corrected chi connectivity index (χ2v) is 6.61. The normalized spacial score (nSPS) is 14.5. The first-order chi connectivity index (χ1) is 12.1. The van der Waals surface area contributed by atoms with Crippen LogP contribution in [0.1, 0.15) is 23.0 Å². The van der Waals surface area contributed by atoms with Crippen molar-refractivity contribution in [3.63, 3.8) is 0 Å². The number of hydrazone groups is 1. The van der Waals surface area contributed by atoms with Crippen LogP contribution >= 0.6 is 24.0 Å². The topological polar surface area (TPSA) is 72.1 Å². The number of esters is 1. The van der Waals surface area contributed by atoms with Crippen molar-refractivity contribution in [3.8, 4) is 11.3 Å². The van der Waals surface area contributed by atoms with Gasteiger partial charge in [0.05, 0.1) is 24.1 Å². The first-order valence-electron chi connectivity index (χ1n) is 7.49. The summed E-state index contributed by atoms with van der Waals surface area (Å²) in [5.41, 5.74) is 1.30. The Hall–Kier alpha value is -2.45. The number of furan rings is 1. The third-order valence-corrected chi connectivity index (χ3v) is 4.67. The summed E-state index contributed by atoms with van der Waals surface area (Å²) in [5, 5.41) is 5.25. The molecule has 1 aliphatic heterocycles. The van der Waals surface area contributed by atoms with Crippen molar-refractivity contribution in [3.05, 3.63) is 47.7 Å². The van der Waals surface area contributed by atoms with Gasteiger partial charge in [0.1, 0.15) is 11.5 Å². The highest BCUT2D eigenvalue weighted by Crippen LogP contribution is 2.23. The van der Waals surface area contributed by atoms with E-state index in [-0.39, 0.29) is 11.9 Å². The van der Waals surface area contributed by atoms with Crippen LogP contribution in [0.25, 0.3) is 11.3 Å². The second-order valence-electron chi connectivity index (χ2n) is 5.00. The number of thioether (sulfide) groups is 1. The minimum atomic E-state index is -0.356. The van der Waals surface area contributed by atoms with Crippen LogP contribution in [-0.2, 0) is 9.53 Å². The molecule has 1 fully saturated rings. The molecule has 0 N–H and O–H groups in total. The molecule has 8 heteroatoms. The van der Waals surface area contributed by atoms with Crippen LogP contribution in [0.15, 0.2) is 45.9 Å². The lowest BCUT2D eigenvalue weighted by atomic mass is 10.1. The predicted octanol–water partition coefficient (Wildman–Crippen LogP) is 3.32. The minimum Gasteiger partial charge on any atom is -0.462 e. The van der Waals surface area contributed by atoms with Crippen LogP contribution in [0.3, 0.4) is 0 Å². The van der Waals surface area contributed by atoms with Crippen molar-refractivity contribution < 1.29 is 18.7 Å². The maximum absolute atomic E-state index is 11.7. The fourth-order valence-electron chi connectivity index (χ4n) is 2.14. The minimum absolute atomic E-state index is 0.146. The Balaban J connectivity index is 1.72. The monoisotopic (exact) mass is 374 g/mol. The van der Waals surface area contributed by atoms with E-state index in [0.717, 1.165) is 5.56 Å². The lowest BCUT2D eigenvalue weighted by Gasteiger charge is -2.05. The van der Waals surface area contributed by atoms with Crippen LogP contribution in [0.2, 0.25) is 0 Å². The van der Waals surface area contributed by atoms with Crippen molar-refractivity contribution in [1.82, 2.24) is 5.01 Å². The van der Waals surface area contributed by atoms with Gasteiger partial charge in [-0.15, -0.1) is 0 Å². The van der Waals surface area contributed by atoms with Gasteiger partial charge in [-0.1, -0.05) is 36.1 Å². The van der Waals surface area contributed by atoms with Crippen LogP contribution in [-0.4, -0.2) is 39.8 Å². The number of benzene rings is 1. The summed E-state index contributed by atoms with van der Waals surface area (Å²) >= 11 is 6.34. The maximum Gasteiger partial charge on any atom is 0.338 e. The molecule has 0 spiro atoms. The van der Waals surface area contributed by atoms with Gasteiger partial charge in [-0.05, 0) is 31.2 Å². The highest BCUT2D eigenvalue weighted by atomic mass is 32.2. The van der Waals surface area contributed by atoms with Gasteiger partial charge >= 0.3 is 5.97 Å². The van der Waals surface area contributed by atoms with Crippen LogP contribution in [0, 0.1) is 0 Å². The molecule has 6 nitrogen and oxygen atoms in total. The van der Waals surface area contributed by atoms with E-state index in [9.17, 15) is 9.59 Å². The molecule has 1 aromatic carbocycles. The number of amides is 1. The van der Waals surface area contributed by atoms with Gasteiger partial charge in [0.2, 0.25) is 0 Å². The molecular weight excluding hydrogens is 360 g/mol. The average Bonchev–Trinajstić information content (AvgIpc) is 3.21. The van der Waals surface area contributed by atoms with Crippen molar-refractivity contribution in [2.45, 2.75) is 6.92 Å². The summed E-state index contributed by atoms with van der Waals surface area (Å²) in [6.45, 7) is 2.10. The lowest BCUT2D eigenvalue weighted by molar-refractivity contribution is -0.124. The van der Waals surface area contributed by atoms with Crippen molar-refractivity contribution >= 4 is 46.4 Å². The molecule has 0 radical (unpaired) electrons. The molecule has 2 aromatic rings. The molecule has 2 heterocycles. The van der Waals surface area contributed by atoms with Gasteiger partial charge in [0.25, 0.3) is 5.91 Å². The number of thiocarbonyl (C=S) groups is 1. The summed E-state index contributed by atoms with van der Waals surface area (Å²) in [7, 11) is 0. The summed E-state index contributed by atoms with van der Waals surface area (Å²) < 4.78 is 11.1. The SMILES string of the molecule is CCOC(=O)c1ccc(-c2ccc(/C=N/N3C(=O)CSC3=S)o2)cc1. The molecule has 128 valence electrons. The van der Waals surface area contributed by atoms with Gasteiger partial charge in [0, 0.05) is 5.56 Å². The Labute approximate surface area is 153 Å². The van der Waals surface area contributed by atoms with E-state index in [1.54, 1.807) is 43.3 Å². The van der Waals surface area contributed by atoms with Crippen molar-refractivity contribution in [2.24, 2.45) is 5.10 Å². The molecule has 3 rings (SSSR count). The fourth-order valence-corrected chi connectivity index (χ4v) is 3.10. The van der Waals surface area contributed by atoms with E-state index in [4.69, 9.17) is 21.4 Å². The van der Waals surface area contributed by atoms with E-state index in [1.807, 2.05) is 0 Å². The van der Waals surface area contributed by atoms with E-state index in [1.165, 1.54) is 23.0 Å². The third kappa shape index (κ3) is 3.97. The zero-order chi connectivity index (χ0) is 17.8. The fraction of sp³-hybridized carbons (Fsp3) is 0.176. The van der Waals surface area contributed by atoms with Gasteiger partial charge < -0.3 is 9.15 Å². The molecule has 1 amide bonds. The summed E-state index contributed by atoms with van der Waals surface area (Å²) in [5.74, 6) is 0.934. The molecule has 0 unspecified atom stereocenters. The highest BCUT2D eigenvalue weighted by molar-refractivity contribution is 8.23. The van der Waals surface area contributed by atoms with E-state index in [0.29, 0.717) is 33.8 Å². The lowest BCUT2D eigenvalue weighted by Crippen LogP contribution is -2.22. The molecule has 0 bridgehead atoms. The molecule has 0 saturated carbocycles. The van der Waals surface area contributed by atoms with Gasteiger partial charge in [-0.2, -0.15) is 10.1 Å². The Kier molecular flexibility index (Phi) is 5.30. The number of nitrogens with zero attached hydrogens (tertiary/aromatic N) is 2. The number of hydrogen-bond donors (Lipinski definition) is 0. The Morgan fingerprint density at radius 1 is 1.36 bits per heavy atom. The van der Waals surface area contributed by atoms with Crippen molar-refractivity contribution in [2.75, 3.05) is 12.4 Å². The molecule has 1 aliphatic rings. The van der Waals surface area contributed by atoms with Crippen LogP contribution < -0.4 is 0 Å². The number of rotatable bonds is 5. The maximum atomic E-state index is 11.7. The zero-order valence-corrected chi connectivity index (χ0v) is 14.9. The zero-order valence-electron chi connectivity index (χ0n) is 13.3. The van der Waals surface area contributed by atoms with Gasteiger partial charge in [-0.3, -0.25) is 4.79 Å². The Morgan fingerprint density at radius 3 is 2.76 bits per heavy atom. The quantitative estimate of drug-likeness (QED) is 0.454. The number of carbonyl (C=O) groups excluding carboxylic acids is 2. The number of carbonyl (C=O) groups is 2. The first kappa shape index (κ1) is 17.4. The van der Waals surface area contributed by atoms with Crippen LogP contribution in [0.4, 0.5) is 0 Å². The van der Waals surface area contributed by atoms with E-state index < -0.39 is 0 Å². The van der Waals surface area contributed by atoms with Crippen molar-refractivity contribution in [1.29, 1.82) is 0 Å². The van der Waals surface area contributed by atoms with Crippen LogP contribution in [0.5, 0.6) is 0 Å². The molecule has 0 aliphatic carbocycles. The van der Waals surface area contributed by atoms with E-state index in [2.05, 4.69) is 5.10 Å². The molecule has 1 aromatic heterocycles. The van der Waals surface area contributed by atoms with Gasteiger partial charge in [-0.25, -0.2) is 4.79 Å². The summed E-state index contributed by atoms with van der Waals surface area (Å²) in [6, 6.07) is 10.5. The predicted molar refractivity (Wildman–Crippen MR) is 99.6 cm³/mol. The average molecular weight is 374 g/mol. The molecule has 25 heavy (non-hydrogen) atoms.